The van der Waals surface area contributed by atoms with Gasteiger partial charge in [-0.1, -0.05) is 12.1 Å². The molecule has 0 spiro atoms. The van der Waals surface area contributed by atoms with Gasteiger partial charge in [-0.05, 0) is 36.6 Å². The van der Waals surface area contributed by atoms with Crippen molar-refractivity contribution < 1.29 is 18.0 Å². The molecule has 1 fully saturated rings. The van der Waals surface area contributed by atoms with Crippen LogP contribution < -0.4 is 10.2 Å². The minimum atomic E-state index is -4.40. The van der Waals surface area contributed by atoms with E-state index in [1.54, 1.807) is 23.0 Å². The van der Waals surface area contributed by atoms with E-state index >= 15 is 0 Å². The highest BCUT2D eigenvalue weighted by Crippen LogP contribution is 2.29. The second-order valence-corrected chi connectivity index (χ2v) is 7.11. The molecule has 1 aliphatic rings. The van der Waals surface area contributed by atoms with Crippen molar-refractivity contribution in [2.45, 2.75) is 25.6 Å². The average molecular weight is 403 g/mol. The van der Waals surface area contributed by atoms with Gasteiger partial charge in [0.1, 0.15) is 5.82 Å². The molecule has 1 atom stereocenters. The Bertz CT molecular complexity index is 1020. The van der Waals surface area contributed by atoms with Gasteiger partial charge in [0.2, 0.25) is 5.91 Å². The minimum Gasteiger partial charge on any atom is -0.356 e. The van der Waals surface area contributed by atoms with Crippen LogP contribution >= 0.6 is 0 Å². The van der Waals surface area contributed by atoms with Crippen LogP contribution in [-0.2, 0) is 17.5 Å². The molecule has 0 bridgehead atoms. The lowest BCUT2D eigenvalue weighted by atomic mass is 9.97. The number of aromatic nitrogens is 3. The van der Waals surface area contributed by atoms with Crippen molar-refractivity contribution in [1.29, 1.82) is 0 Å². The second-order valence-electron chi connectivity index (χ2n) is 7.11. The van der Waals surface area contributed by atoms with Crippen LogP contribution in [0.3, 0.4) is 0 Å². The third-order valence-electron chi connectivity index (χ3n) is 5.11. The molecule has 3 aromatic rings. The SMILES string of the molecule is O=C(NCc1cccc(C(F)(F)F)c1)C1CCCN(c2ccnc3ccnn23)C1. The fourth-order valence-corrected chi connectivity index (χ4v) is 3.65. The van der Waals surface area contributed by atoms with E-state index in [1.807, 2.05) is 12.1 Å². The van der Waals surface area contributed by atoms with E-state index in [0.717, 1.165) is 43.0 Å². The van der Waals surface area contributed by atoms with Crippen LogP contribution in [0.5, 0.6) is 0 Å². The molecule has 1 unspecified atom stereocenters. The molecule has 2 aromatic heterocycles. The molecule has 152 valence electrons. The number of rotatable bonds is 4. The topological polar surface area (TPSA) is 62.5 Å². The van der Waals surface area contributed by atoms with Crippen LogP contribution in [0.15, 0.2) is 48.8 Å². The van der Waals surface area contributed by atoms with Crippen molar-refractivity contribution in [3.05, 3.63) is 59.9 Å². The Morgan fingerprint density at radius 3 is 2.90 bits per heavy atom. The van der Waals surface area contributed by atoms with E-state index in [0.29, 0.717) is 12.1 Å². The van der Waals surface area contributed by atoms with Crippen molar-refractivity contribution >= 4 is 17.4 Å². The van der Waals surface area contributed by atoms with Gasteiger partial charge in [-0.3, -0.25) is 4.79 Å². The molecular formula is C20H20F3N5O. The van der Waals surface area contributed by atoms with E-state index in [1.165, 1.54) is 6.07 Å². The van der Waals surface area contributed by atoms with Crippen molar-refractivity contribution in [2.75, 3.05) is 18.0 Å². The molecule has 1 N–H and O–H groups in total. The van der Waals surface area contributed by atoms with Crippen LogP contribution in [0.1, 0.15) is 24.0 Å². The maximum Gasteiger partial charge on any atom is 0.416 e. The summed E-state index contributed by atoms with van der Waals surface area (Å²) in [5, 5.41) is 7.07. The smallest absolute Gasteiger partial charge is 0.356 e. The highest BCUT2D eigenvalue weighted by Gasteiger charge is 2.30. The number of hydrogen-bond donors (Lipinski definition) is 1. The summed E-state index contributed by atoms with van der Waals surface area (Å²) in [5.41, 5.74) is 0.445. The summed E-state index contributed by atoms with van der Waals surface area (Å²) in [6, 6.07) is 8.70. The number of fused-ring (bicyclic) bond motifs is 1. The summed E-state index contributed by atoms with van der Waals surface area (Å²) in [7, 11) is 0. The van der Waals surface area contributed by atoms with Gasteiger partial charge in [0.15, 0.2) is 5.65 Å². The normalized spacial score (nSPS) is 17.5. The lowest BCUT2D eigenvalue weighted by Gasteiger charge is -2.33. The molecule has 0 saturated carbocycles. The third-order valence-corrected chi connectivity index (χ3v) is 5.11. The molecule has 4 rings (SSSR count). The van der Waals surface area contributed by atoms with Crippen molar-refractivity contribution in [1.82, 2.24) is 19.9 Å². The number of nitrogens with one attached hydrogen (secondary N) is 1. The van der Waals surface area contributed by atoms with Gasteiger partial charge in [0.25, 0.3) is 0 Å². The largest absolute Gasteiger partial charge is 0.416 e. The standard InChI is InChI=1S/C20H20F3N5O/c21-20(22,23)16-5-1-3-14(11-16)12-25-19(29)15-4-2-10-27(13-15)18-7-8-24-17-6-9-26-28(17)18/h1,3,5-9,11,15H,2,4,10,12-13H2,(H,25,29). The number of halogens is 3. The zero-order valence-corrected chi connectivity index (χ0v) is 15.6. The summed E-state index contributed by atoms with van der Waals surface area (Å²) in [4.78, 5) is 19.0. The zero-order valence-electron chi connectivity index (χ0n) is 15.6. The maximum absolute atomic E-state index is 12.8. The van der Waals surface area contributed by atoms with Crippen molar-refractivity contribution in [3.8, 4) is 0 Å². The summed E-state index contributed by atoms with van der Waals surface area (Å²) >= 11 is 0. The Morgan fingerprint density at radius 1 is 1.21 bits per heavy atom. The first-order valence-electron chi connectivity index (χ1n) is 9.39. The Morgan fingerprint density at radius 2 is 2.07 bits per heavy atom. The number of piperidine rings is 1. The zero-order chi connectivity index (χ0) is 20.4. The number of hydrogen-bond acceptors (Lipinski definition) is 4. The van der Waals surface area contributed by atoms with E-state index in [-0.39, 0.29) is 18.4 Å². The lowest BCUT2D eigenvalue weighted by Crippen LogP contribution is -2.43. The molecule has 9 heteroatoms. The van der Waals surface area contributed by atoms with Gasteiger partial charge >= 0.3 is 6.18 Å². The van der Waals surface area contributed by atoms with E-state index in [2.05, 4.69) is 20.3 Å². The molecule has 6 nitrogen and oxygen atoms in total. The van der Waals surface area contributed by atoms with Crippen LogP contribution in [0.2, 0.25) is 0 Å². The highest BCUT2D eigenvalue weighted by atomic mass is 19.4. The molecular weight excluding hydrogens is 383 g/mol. The predicted molar refractivity (Wildman–Crippen MR) is 101 cm³/mol. The van der Waals surface area contributed by atoms with Gasteiger partial charge in [0.05, 0.1) is 17.7 Å². The van der Waals surface area contributed by atoms with Crippen molar-refractivity contribution in [3.63, 3.8) is 0 Å². The van der Waals surface area contributed by atoms with Crippen molar-refractivity contribution in [2.24, 2.45) is 5.92 Å². The predicted octanol–water partition coefficient (Wildman–Crippen LogP) is 3.28. The van der Waals surface area contributed by atoms with E-state index in [9.17, 15) is 18.0 Å². The first-order valence-corrected chi connectivity index (χ1v) is 9.39. The molecule has 0 radical (unpaired) electrons. The first-order chi connectivity index (χ1) is 13.9. The molecule has 1 saturated heterocycles. The summed E-state index contributed by atoms with van der Waals surface area (Å²) in [6.07, 6.45) is 0.565. The number of carbonyl (C=O) groups is 1. The number of carbonyl (C=O) groups excluding carboxylic acids is 1. The molecule has 1 aliphatic heterocycles. The number of anilines is 1. The fraction of sp³-hybridized carbons (Fsp3) is 0.350. The monoisotopic (exact) mass is 403 g/mol. The number of amides is 1. The molecule has 29 heavy (non-hydrogen) atoms. The molecule has 3 heterocycles. The number of alkyl halides is 3. The second kappa shape index (κ2) is 7.73. The van der Waals surface area contributed by atoms with E-state index < -0.39 is 11.7 Å². The summed E-state index contributed by atoms with van der Waals surface area (Å²) in [5.74, 6) is 0.474. The van der Waals surface area contributed by atoms with Crippen LogP contribution in [0, 0.1) is 5.92 Å². The summed E-state index contributed by atoms with van der Waals surface area (Å²) < 4.78 is 40.3. The maximum atomic E-state index is 12.8. The van der Waals surface area contributed by atoms with Gasteiger partial charge in [-0.15, -0.1) is 0 Å². The fourth-order valence-electron chi connectivity index (χ4n) is 3.65. The number of nitrogens with zero attached hydrogens (tertiary/aromatic N) is 4. The Kier molecular flexibility index (Phi) is 5.12. The Hall–Kier alpha value is -3.10. The average Bonchev–Trinajstić information content (AvgIpc) is 3.20. The van der Waals surface area contributed by atoms with Gasteiger partial charge in [0, 0.05) is 31.9 Å². The third kappa shape index (κ3) is 4.18. The number of benzene rings is 1. The summed E-state index contributed by atoms with van der Waals surface area (Å²) in [6.45, 7) is 1.39. The molecule has 1 amide bonds. The van der Waals surface area contributed by atoms with Gasteiger partial charge in [-0.2, -0.15) is 22.8 Å². The quantitative estimate of drug-likeness (QED) is 0.726. The van der Waals surface area contributed by atoms with Gasteiger partial charge < -0.3 is 10.2 Å². The van der Waals surface area contributed by atoms with E-state index in [4.69, 9.17) is 0 Å². The van der Waals surface area contributed by atoms with Crippen LogP contribution in [0.25, 0.3) is 5.65 Å². The highest BCUT2D eigenvalue weighted by molar-refractivity contribution is 5.79. The molecule has 0 aliphatic carbocycles. The van der Waals surface area contributed by atoms with Crippen LogP contribution in [0.4, 0.5) is 19.0 Å². The molecule has 1 aromatic carbocycles. The Labute approximate surface area is 165 Å². The Balaban J connectivity index is 1.41. The minimum absolute atomic E-state index is 0.0674. The van der Waals surface area contributed by atoms with Gasteiger partial charge in [-0.25, -0.2) is 4.98 Å². The first kappa shape index (κ1) is 19.2. The van der Waals surface area contributed by atoms with Crippen LogP contribution in [-0.4, -0.2) is 33.6 Å². The lowest BCUT2D eigenvalue weighted by molar-refractivity contribution is -0.137.